The van der Waals surface area contributed by atoms with Gasteiger partial charge in [0, 0.05) is 40.6 Å². The number of anilines is 1. The first kappa shape index (κ1) is 26.0. The van der Waals surface area contributed by atoms with Crippen molar-refractivity contribution in [2.75, 3.05) is 12.8 Å². The van der Waals surface area contributed by atoms with Gasteiger partial charge in [0.05, 0.1) is 17.9 Å². The minimum absolute atomic E-state index is 0.293. The number of carbonyl (C=O) groups excluding carboxylic acids is 1. The predicted octanol–water partition coefficient (Wildman–Crippen LogP) is 3.87. The highest BCUT2D eigenvalue weighted by Crippen LogP contribution is 2.32. The van der Waals surface area contributed by atoms with Crippen LogP contribution in [0.2, 0.25) is 5.02 Å². The third-order valence-electron chi connectivity index (χ3n) is 5.82. The minimum atomic E-state index is -4.54. The molecule has 0 saturated heterocycles. The Hall–Kier alpha value is -4.62. The van der Waals surface area contributed by atoms with Crippen LogP contribution in [0, 0.1) is 0 Å². The zero-order chi connectivity index (χ0) is 27.7. The van der Waals surface area contributed by atoms with E-state index in [1.54, 1.807) is 60.3 Å². The molecule has 5 rings (SSSR count). The molecule has 1 aliphatic heterocycles. The maximum Gasteiger partial charge on any atom is 0.433 e. The Bertz CT molecular complexity index is 1530. The lowest BCUT2D eigenvalue weighted by Crippen LogP contribution is -2.45. The van der Waals surface area contributed by atoms with Crippen molar-refractivity contribution in [3.8, 4) is 22.5 Å². The molecule has 4 aromatic rings. The Morgan fingerprint density at radius 3 is 2.46 bits per heavy atom. The Morgan fingerprint density at radius 1 is 1.08 bits per heavy atom. The smallest absolute Gasteiger partial charge is 0.399 e. The molecule has 0 saturated carbocycles. The fraction of sp³-hybridized carbons (Fsp3) is 0.120. The van der Waals surface area contributed by atoms with E-state index in [0.717, 1.165) is 17.8 Å². The summed E-state index contributed by atoms with van der Waals surface area (Å²) in [4.78, 5) is 16.1. The highest BCUT2D eigenvalue weighted by atomic mass is 35.5. The van der Waals surface area contributed by atoms with Crippen molar-refractivity contribution in [2.24, 2.45) is 5.10 Å². The van der Waals surface area contributed by atoms with Crippen molar-refractivity contribution in [3.63, 3.8) is 0 Å². The molecule has 200 valence electrons. The third kappa shape index (κ3) is 5.78. The number of aromatic nitrogens is 3. The summed E-state index contributed by atoms with van der Waals surface area (Å²) in [6, 6.07) is 15.9. The molecule has 0 unspecified atom stereocenters. The maximum absolute atomic E-state index is 13.0. The molecular formula is C25H21ClF3N9O. The second kappa shape index (κ2) is 10.3. The average Bonchev–Trinajstić information content (AvgIpc) is 3.49. The van der Waals surface area contributed by atoms with Crippen LogP contribution >= 0.6 is 11.6 Å². The van der Waals surface area contributed by atoms with Crippen molar-refractivity contribution in [3.05, 3.63) is 88.7 Å². The molecule has 5 N–H and O–H groups in total. The van der Waals surface area contributed by atoms with Gasteiger partial charge in [-0.15, -0.1) is 10.6 Å². The van der Waals surface area contributed by atoms with Crippen LogP contribution in [0.25, 0.3) is 22.5 Å². The molecular weight excluding hydrogens is 535 g/mol. The van der Waals surface area contributed by atoms with Crippen LogP contribution in [0.15, 0.2) is 72.0 Å². The van der Waals surface area contributed by atoms with Gasteiger partial charge in [-0.05, 0) is 54.1 Å². The lowest BCUT2D eigenvalue weighted by atomic mass is 10.1. The lowest BCUT2D eigenvalue weighted by Gasteiger charge is -2.13. The summed E-state index contributed by atoms with van der Waals surface area (Å²) in [5.74, 6) is -0.0275. The maximum atomic E-state index is 13.0. The van der Waals surface area contributed by atoms with Gasteiger partial charge in [-0.3, -0.25) is 24.8 Å². The molecule has 0 spiro atoms. The first-order valence-corrected chi connectivity index (χ1v) is 11.8. The number of rotatable bonds is 5. The molecule has 0 radical (unpaired) electrons. The van der Waals surface area contributed by atoms with E-state index in [4.69, 9.17) is 17.3 Å². The van der Waals surface area contributed by atoms with Gasteiger partial charge in [-0.2, -0.15) is 18.3 Å². The number of nitrogen functional groups attached to an aromatic ring is 1. The first-order chi connectivity index (χ1) is 18.6. The monoisotopic (exact) mass is 555 g/mol. The number of benzene rings is 2. The predicted molar refractivity (Wildman–Crippen MR) is 140 cm³/mol. The molecule has 14 heteroatoms. The van der Waals surface area contributed by atoms with Crippen molar-refractivity contribution in [2.45, 2.75) is 12.7 Å². The summed E-state index contributed by atoms with van der Waals surface area (Å²) in [6.45, 7) is 0.293. The number of hydrogen-bond acceptors (Lipinski definition) is 8. The summed E-state index contributed by atoms with van der Waals surface area (Å²) in [5, 5.41) is 13.2. The molecule has 3 heterocycles. The molecule has 2 aromatic carbocycles. The molecule has 10 nitrogen and oxygen atoms in total. The number of hydrazine groups is 2. The molecule has 0 bridgehead atoms. The van der Waals surface area contributed by atoms with E-state index in [1.807, 2.05) is 0 Å². The van der Waals surface area contributed by atoms with Gasteiger partial charge in [-0.1, -0.05) is 23.7 Å². The number of alkyl halides is 3. The molecule has 0 aliphatic carbocycles. The van der Waals surface area contributed by atoms with Crippen LogP contribution in [0.4, 0.5) is 18.9 Å². The van der Waals surface area contributed by atoms with E-state index >= 15 is 0 Å². The molecule has 39 heavy (non-hydrogen) atoms. The highest BCUT2D eigenvalue weighted by Gasteiger charge is 2.32. The molecule has 2 aromatic heterocycles. The topological polar surface area (TPSA) is 125 Å². The summed E-state index contributed by atoms with van der Waals surface area (Å²) in [7, 11) is 1.69. The number of hydrazone groups is 1. The van der Waals surface area contributed by atoms with Crippen molar-refractivity contribution >= 4 is 29.2 Å². The van der Waals surface area contributed by atoms with Gasteiger partial charge >= 0.3 is 6.18 Å². The number of carbonyl (C=O) groups is 1. The normalized spacial score (nSPS) is 13.3. The second-order valence-electron chi connectivity index (χ2n) is 8.64. The summed E-state index contributed by atoms with van der Waals surface area (Å²) >= 11 is 6.23. The number of nitrogens with zero attached hydrogens (tertiary/aromatic N) is 5. The average molecular weight is 556 g/mol. The Morgan fingerprint density at radius 2 is 1.85 bits per heavy atom. The molecule has 1 amide bonds. The third-order valence-corrected chi connectivity index (χ3v) is 6.03. The number of pyridine rings is 1. The van der Waals surface area contributed by atoms with Gasteiger partial charge in [0.15, 0.2) is 0 Å². The van der Waals surface area contributed by atoms with Gasteiger partial charge in [0.1, 0.15) is 5.69 Å². The summed E-state index contributed by atoms with van der Waals surface area (Å²) < 4.78 is 40.6. The second-order valence-corrected chi connectivity index (χ2v) is 9.08. The zero-order valence-electron chi connectivity index (χ0n) is 20.3. The van der Waals surface area contributed by atoms with Crippen LogP contribution in [0.1, 0.15) is 21.6 Å². The Labute approximate surface area is 225 Å². The number of nitrogens with one attached hydrogen (secondary N) is 3. The van der Waals surface area contributed by atoms with E-state index in [2.05, 4.69) is 31.6 Å². The van der Waals surface area contributed by atoms with E-state index in [9.17, 15) is 18.0 Å². The van der Waals surface area contributed by atoms with Crippen molar-refractivity contribution in [1.82, 2.24) is 36.2 Å². The number of nitrogens with two attached hydrogens (primary N) is 1. The van der Waals surface area contributed by atoms with Crippen LogP contribution < -0.4 is 22.1 Å². The Balaban J connectivity index is 1.44. The zero-order valence-corrected chi connectivity index (χ0v) is 21.0. The van der Waals surface area contributed by atoms with E-state index in [0.29, 0.717) is 51.3 Å². The van der Waals surface area contributed by atoms with E-state index < -0.39 is 11.9 Å². The van der Waals surface area contributed by atoms with Crippen LogP contribution in [0.3, 0.4) is 0 Å². The quantitative estimate of drug-likeness (QED) is 0.275. The van der Waals surface area contributed by atoms with E-state index in [1.165, 1.54) is 11.1 Å². The Kier molecular flexibility index (Phi) is 6.85. The van der Waals surface area contributed by atoms with Gasteiger partial charge in [0.25, 0.3) is 5.91 Å². The molecule has 1 aliphatic rings. The van der Waals surface area contributed by atoms with Gasteiger partial charge in [0.2, 0.25) is 5.96 Å². The number of guanidine groups is 1. The lowest BCUT2D eigenvalue weighted by molar-refractivity contribution is -0.141. The summed E-state index contributed by atoms with van der Waals surface area (Å²) in [5.41, 5.74) is 14.1. The minimum Gasteiger partial charge on any atom is -0.399 e. The van der Waals surface area contributed by atoms with Crippen LogP contribution in [-0.4, -0.2) is 38.7 Å². The van der Waals surface area contributed by atoms with E-state index in [-0.39, 0.29) is 5.91 Å². The van der Waals surface area contributed by atoms with Crippen molar-refractivity contribution in [1.29, 1.82) is 0 Å². The fourth-order valence-electron chi connectivity index (χ4n) is 3.88. The van der Waals surface area contributed by atoms with Gasteiger partial charge < -0.3 is 5.73 Å². The number of halogens is 4. The highest BCUT2D eigenvalue weighted by molar-refractivity contribution is 6.31. The molecule has 0 atom stereocenters. The SMILES string of the molecule is CN1NNN=C1NC(=O)c1ccc(Cn2nc(-c3ccc(C(F)(F)F)nc3)cc2-c2cc(N)cc(Cl)c2)cc1. The molecule has 0 fully saturated rings. The van der Waals surface area contributed by atoms with Crippen LogP contribution in [0.5, 0.6) is 0 Å². The standard InChI is InChI=1S/C25H21ClF3N9O/c1-37-24(33-35-36-37)32-23(39)15-4-2-14(3-5-15)13-38-21(17-8-18(26)10-19(30)9-17)11-20(34-38)16-6-7-22(31-12-16)25(27,28)29/h2-12,35-36H,13,30H2,1H3,(H,32,33,39). The summed E-state index contributed by atoms with van der Waals surface area (Å²) in [6.07, 6.45) is -3.41. The fourth-order valence-corrected chi connectivity index (χ4v) is 4.13. The largest absolute Gasteiger partial charge is 0.433 e. The van der Waals surface area contributed by atoms with Gasteiger partial charge in [-0.25, -0.2) is 5.53 Å². The van der Waals surface area contributed by atoms with Crippen LogP contribution in [-0.2, 0) is 12.7 Å². The van der Waals surface area contributed by atoms with Crippen molar-refractivity contribution < 1.29 is 18.0 Å². The number of amides is 1. The number of hydrogen-bond donors (Lipinski definition) is 4. The first-order valence-electron chi connectivity index (χ1n) is 11.5.